The maximum atomic E-state index is 4.53. The van der Waals surface area contributed by atoms with Crippen LogP contribution in [-0.4, -0.2) is 12.3 Å². The van der Waals surface area contributed by atoms with E-state index >= 15 is 0 Å². The van der Waals surface area contributed by atoms with Crippen molar-refractivity contribution in [1.29, 1.82) is 0 Å². The van der Waals surface area contributed by atoms with Gasteiger partial charge in [0.2, 0.25) is 0 Å². The molecule has 0 aliphatic heterocycles. The van der Waals surface area contributed by atoms with Crippen LogP contribution < -0.4 is 0 Å². The Morgan fingerprint density at radius 2 is 1.31 bits per heavy atom. The highest BCUT2D eigenvalue weighted by Gasteiger charge is 2.06. The first-order chi connectivity index (χ1) is 6.43. The van der Waals surface area contributed by atoms with E-state index in [2.05, 4.69) is 4.99 Å². The first-order valence-corrected chi connectivity index (χ1v) is 5.91. The van der Waals surface area contributed by atoms with Crippen LogP contribution in [0.5, 0.6) is 0 Å². The monoisotopic (exact) mass is 181 g/mol. The van der Waals surface area contributed by atoms with Crippen LogP contribution in [0.1, 0.15) is 64.7 Å². The van der Waals surface area contributed by atoms with Gasteiger partial charge in [0.15, 0.2) is 0 Å². The topological polar surface area (TPSA) is 12.4 Å². The molecule has 0 atom stereocenters. The highest BCUT2D eigenvalue weighted by molar-refractivity contribution is 5.53. The SMILES string of the molecule is C/C=N\C1CCCCCCCCC1. The molecule has 0 N–H and O–H groups in total. The molecule has 1 nitrogen and oxygen atoms in total. The van der Waals surface area contributed by atoms with Crippen LogP contribution in [0.15, 0.2) is 4.99 Å². The minimum Gasteiger partial charge on any atom is -0.295 e. The van der Waals surface area contributed by atoms with Crippen LogP contribution >= 0.6 is 0 Å². The predicted molar refractivity (Wildman–Crippen MR) is 59.5 cm³/mol. The molecule has 0 aromatic rings. The van der Waals surface area contributed by atoms with E-state index in [1.807, 2.05) is 13.1 Å². The van der Waals surface area contributed by atoms with E-state index < -0.39 is 0 Å². The van der Waals surface area contributed by atoms with Gasteiger partial charge in [-0.1, -0.05) is 44.9 Å². The second-order valence-electron chi connectivity index (χ2n) is 4.11. The largest absolute Gasteiger partial charge is 0.295 e. The first kappa shape index (κ1) is 10.7. The quantitative estimate of drug-likeness (QED) is 0.543. The molecule has 1 saturated carbocycles. The van der Waals surface area contributed by atoms with E-state index in [9.17, 15) is 0 Å². The zero-order chi connectivity index (χ0) is 9.36. The molecule has 1 heteroatoms. The maximum absolute atomic E-state index is 4.53. The van der Waals surface area contributed by atoms with Crippen molar-refractivity contribution in [2.45, 2.75) is 70.8 Å². The first-order valence-electron chi connectivity index (χ1n) is 5.91. The summed E-state index contributed by atoms with van der Waals surface area (Å²) in [5.41, 5.74) is 0. The summed E-state index contributed by atoms with van der Waals surface area (Å²) < 4.78 is 0. The lowest BCUT2D eigenvalue weighted by Crippen LogP contribution is -2.05. The van der Waals surface area contributed by atoms with Gasteiger partial charge in [0.05, 0.1) is 0 Å². The van der Waals surface area contributed by atoms with E-state index in [4.69, 9.17) is 0 Å². The summed E-state index contributed by atoms with van der Waals surface area (Å²) in [5.74, 6) is 0. The third-order valence-electron chi connectivity index (χ3n) is 2.93. The molecule has 13 heavy (non-hydrogen) atoms. The van der Waals surface area contributed by atoms with Crippen molar-refractivity contribution in [3.8, 4) is 0 Å². The zero-order valence-corrected chi connectivity index (χ0v) is 8.97. The summed E-state index contributed by atoms with van der Waals surface area (Å²) in [6, 6.07) is 0.642. The standard InChI is InChI=1S/C12H23N/c1-2-13-12-10-8-6-4-3-5-7-9-11-12/h2,12H,3-11H2,1H3/b13-2-. The Hall–Kier alpha value is -0.330. The van der Waals surface area contributed by atoms with Crippen molar-refractivity contribution in [3.63, 3.8) is 0 Å². The minimum absolute atomic E-state index is 0.642. The summed E-state index contributed by atoms with van der Waals surface area (Å²) in [6.07, 6.45) is 14.6. The lowest BCUT2D eigenvalue weighted by Gasteiger charge is -2.13. The molecular formula is C12H23N. The number of hydrogen-bond acceptors (Lipinski definition) is 1. The normalized spacial score (nSPS) is 23.5. The maximum Gasteiger partial charge on any atom is 0.0495 e. The van der Waals surface area contributed by atoms with Gasteiger partial charge in [0.1, 0.15) is 0 Å². The highest BCUT2D eigenvalue weighted by Crippen LogP contribution is 2.18. The zero-order valence-electron chi connectivity index (χ0n) is 8.97. The molecule has 0 heterocycles. The van der Waals surface area contributed by atoms with Gasteiger partial charge in [0, 0.05) is 6.04 Å². The van der Waals surface area contributed by atoms with E-state index in [0.717, 1.165) is 0 Å². The Morgan fingerprint density at radius 3 is 1.77 bits per heavy atom. The van der Waals surface area contributed by atoms with Gasteiger partial charge < -0.3 is 0 Å². The van der Waals surface area contributed by atoms with Gasteiger partial charge in [-0.25, -0.2) is 0 Å². The molecule has 0 unspecified atom stereocenters. The number of nitrogens with zero attached hydrogens (tertiary/aromatic N) is 1. The average molecular weight is 181 g/mol. The van der Waals surface area contributed by atoms with Crippen molar-refractivity contribution >= 4 is 6.21 Å². The van der Waals surface area contributed by atoms with Gasteiger partial charge >= 0.3 is 0 Å². The van der Waals surface area contributed by atoms with Crippen molar-refractivity contribution in [2.24, 2.45) is 4.99 Å². The summed E-state index contributed by atoms with van der Waals surface area (Å²) in [5, 5.41) is 0. The van der Waals surface area contributed by atoms with Crippen molar-refractivity contribution in [1.82, 2.24) is 0 Å². The Morgan fingerprint density at radius 1 is 0.846 bits per heavy atom. The van der Waals surface area contributed by atoms with Crippen molar-refractivity contribution < 1.29 is 0 Å². The third kappa shape index (κ3) is 5.07. The summed E-state index contributed by atoms with van der Waals surface area (Å²) in [4.78, 5) is 4.53. The Labute approximate surface area is 82.6 Å². The van der Waals surface area contributed by atoms with Crippen LogP contribution in [0, 0.1) is 0 Å². The molecule has 0 amide bonds. The number of hydrogen-bond donors (Lipinski definition) is 0. The molecule has 0 bridgehead atoms. The predicted octanol–water partition coefficient (Wildman–Crippen LogP) is 3.97. The summed E-state index contributed by atoms with van der Waals surface area (Å²) >= 11 is 0. The Kier molecular flexibility index (Phi) is 5.88. The second kappa shape index (κ2) is 7.11. The van der Waals surface area contributed by atoms with Gasteiger partial charge in [0.25, 0.3) is 0 Å². The molecule has 0 aromatic heterocycles. The lowest BCUT2D eigenvalue weighted by atomic mass is 9.98. The second-order valence-corrected chi connectivity index (χ2v) is 4.11. The highest BCUT2D eigenvalue weighted by atomic mass is 14.8. The molecule has 0 spiro atoms. The molecule has 1 aliphatic carbocycles. The molecule has 1 aliphatic rings. The Bertz CT molecular complexity index is 130. The molecule has 0 saturated heterocycles. The van der Waals surface area contributed by atoms with Crippen LogP contribution in [0.4, 0.5) is 0 Å². The van der Waals surface area contributed by atoms with Gasteiger partial charge in [-0.15, -0.1) is 0 Å². The number of rotatable bonds is 1. The number of aliphatic imine (C=N–C) groups is 1. The molecule has 1 rings (SSSR count). The van der Waals surface area contributed by atoms with E-state index in [-0.39, 0.29) is 0 Å². The molecular weight excluding hydrogens is 158 g/mol. The van der Waals surface area contributed by atoms with Crippen LogP contribution in [-0.2, 0) is 0 Å². The van der Waals surface area contributed by atoms with E-state index in [1.165, 1.54) is 57.8 Å². The summed E-state index contributed by atoms with van der Waals surface area (Å²) in [6.45, 7) is 2.04. The molecule has 0 aromatic carbocycles. The van der Waals surface area contributed by atoms with Crippen molar-refractivity contribution in [2.75, 3.05) is 0 Å². The third-order valence-corrected chi connectivity index (χ3v) is 2.93. The van der Waals surface area contributed by atoms with Gasteiger partial charge in [-0.3, -0.25) is 4.99 Å². The smallest absolute Gasteiger partial charge is 0.0495 e. The van der Waals surface area contributed by atoms with Crippen LogP contribution in [0.25, 0.3) is 0 Å². The van der Waals surface area contributed by atoms with Gasteiger partial charge in [-0.2, -0.15) is 0 Å². The van der Waals surface area contributed by atoms with Gasteiger partial charge in [-0.05, 0) is 26.0 Å². The molecule has 76 valence electrons. The molecule has 1 fully saturated rings. The molecule has 0 radical (unpaired) electrons. The summed E-state index contributed by atoms with van der Waals surface area (Å²) in [7, 11) is 0. The van der Waals surface area contributed by atoms with E-state index in [1.54, 1.807) is 0 Å². The fourth-order valence-corrected chi connectivity index (χ4v) is 2.15. The average Bonchev–Trinajstić information content (AvgIpc) is 2.16. The Balaban J connectivity index is 2.26. The fraction of sp³-hybridized carbons (Fsp3) is 0.917. The van der Waals surface area contributed by atoms with Crippen LogP contribution in [0.2, 0.25) is 0 Å². The fourth-order valence-electron chi connectivity index (χ4n) is 2.15. The van der Waals surface area contributed by atoms with Crippen LogP contribution in [0.3, 0.4) is 0 Å². The van der Waals surface area contributed by atoms with E-state index in [0.29, 0.717) is 6.04 Å². The minimum atomic E-state index is 0.642. The van der Waals surface area contributed by atoms with Crippen molar-refractivity contribution in [3.05, 3.63) is 0 Å². The lowest BCUT2D eigenvalue weighted by molar-refractivity contribution is 0.463.